The number of esters is 1. The summed E-state index contributed by atoms with van der Waals surface area (Å²) in [5, 5.41) is 10.5. The highest BCUT2D eigenvalue weighted by Crippen LogP contribution is 2.72. The number of hydrogen-bond acceptors (Lipinski definition) is 7. The van der Waals surface area contributed by atoms with Gasteiger partial charge in [-0.3, -0.25) is 14.4 Å². The molecule has 7 nitrogen and oxygen atoms in total. The number of carbonyl (C=O) groups is 3. The first-order chi connectivity index (χ1) is 23.9. The molecule has 1 aliphatic heterocycles. The van der Waals surface area contributed by atoms with Gasteiger partial charge in [0.2, 0.25) is 5.78 Å². The summed E-state index contributed by atoms with van der Waals surface area (Å²) in [6.45, 7) is 7.45. The minimum absolute atomic E-state index is 0.0488. The van der Waals surface area contributed by atoms with Crippen LogP contribution in [0.2, 0.25) is 0 Å². The second-order valence-electron chi connectivity index (χ2n) is 16.8. The minimum atomic E-state index is -1.73. The molecule has 3 saturated carbocycles. The molecule has 0 aromatic carbocycles. The molecule has 4 aliphatic carbocycles. The molecule has 1 heterocycles. The van der Waals surface area contributed by atoms with Crippen LogP contribution in [0.5, 0.6) is 0 Å². The van der Waals surface area contributed by atoms with E-state index in [1.54, 1.807) is 6.92 Å². The maximum Gasteiger partial charge on any atom is 0.308 e. The summed E-state index contributed by atoms with van der Waals surface area (Å²) in [5.41, 5.74) is -4.84. The highest BCUT2D eigenvalue weighted by molar-refractivity contribution is 5.93. The predicted octanol–water partition coefficient (Wildman–Crippen LogP) is 9.01. The fourth-order valence-electron chi connectivity index (χ4n) is 10.8. The first-order valence-corrected chi connectivity index (χ1v) is 20.1. The van der Waals surface area contributed by atoms with E-state index in [0.29, 0.717) is 25.7 Å². The van der Waals surface area contributed by atoms with Crippen LogP contribution in [-0.4, -0.2) is 65.2 Å². The van der Waals surface area contributed by atoms with E-state index < -0.39 is 77.0 Å². The van der Waals surface area contributed by atoms with Crippen LogP contribution in [0, 0.1) is 22.7 Å². The molecule has 0 spiro atoms. The third-order valence-electron chi connectivity index (χ3n) is 13.7. The zero-order valence-electron chi connectivity index (χ0n) is 31.3. The Kier molecular flexibility index (Phi) is 13.1. The van der Waals surface area contributed by atoms with E-state index in [-0.39, 0.29) is 43.5 Å². The number of Topliss-reactive ketones (excluding diaryl/α,β-unsaturated/α-hetero) is 1. The number of carbonyl (C=O) groups excluding carboxylic acids is 3. The van der Waals surface area contributed by atoms with Gasteiger partial charge in [-0.15, -0.1) is 0 Å². The van der Waals surface area contributed by atoms with Crippen molar-refractivity contribution < 1.29 is 42.5 Å². The monoisotopic (exact) mass is 706 g/mol. The first-order valence-electron chi connectivity index (χ1n) is 20.1. The number of fused-ring (bicyclic) bond motifs is 7. The maximum atomic E-state index is 17.6. The molecule has 10 atom stereocenters. The number of halogens is 2. The Labute approximate surface area is 299 Å². The van der Waals surface area contributed by atoms with Crippen LogP contribution in [-0.2, 0) is 28.6 Å². The van der Waals surface area contributed by atoms with E-state index in [2.05, 4.69) is 6.92 Å². The Morgan fingerprint density at radius 3 is 2.26 bits per heavy atom. The topological polar surface area (TPSA) is 99.1 Å². The molecule has 5 aliphatic rings. The lowest BCUT2D eigenvalue weighted by Crippen LogP contribution is -2.66. The molecule has 9 heteroatoms. The van der Waals surface area contributed by atoms with Gasteiger partial charge in [-0.2, -0.15) is 0 Å². The second-order valence-corrected chi connectivity index (χ2v) is 16.8. The molecule has 1 saturated heterocycles. The molecule has 0 bridgehead atoms. The average molecular weight is 707 g/mol. The van der Waals surface area contributed by atoms with Crippen molar-refractivity contribution in [2.24, 2.45) is 22.7 Å². The van der Waals surface area contributed by atoms with Gasteiger partial charge in [0.15, 0.2) is 24.3 Å². The smallest absolute Gasteiger partial charge is 0.308 e. The molecule has 50 heavy (non-hydrogen) atoms. The molecular weight excluding hydrogens is 642 g/mol. The second kappa shape index (κ2) is 16.5. The summed E-state index contributed by atoms with van der Waals surface area (Å²) in [7, 11) is 0. The number of rotatable bonds is 19. The van der Waals surface area contributed by atoms with E-state index in [4.69, 9.17) is 14.2 Å². The molecule has 0 aromatic rings. The van der Waals surface area contributed by atoms with Crippen molar-refractivity contribution in [2.45, 2.75) is 198 Å². The fourth-order valence-corrected chi connectivity index (χ4v) is 10.8. The van der Waals surface area contributed by atoms with Gasteiger partial charge in [-0.1, -0.05) is 105 Å². The lowest BCUT2D eigenvalue weighted by atomic mass is 9.44. The standard InChI is InChI=1S/C41H64F2O7/c1-5-7-8-9-10-11-12-13-14-15-16-18-28(44)24-36(47)48-27-34(46)41-35(49-37(50-41)17-6-2)26-30-31-25-33(42)32-23-29(45)19-20-38(32,3)40(31,43)22-21-39(30,41)4/h23,28,30-31,33,35,37,44H,5-22,24-27H2,1-4H3/t28?,30-,31-,33-,35+,37?,38-,39-,40+,41+/m0/s1. The van der Waals surface area contributed by atoms with E-state index in [0.717, 1.165) is 25.7 Å². The number of allylic oxidation sites excluding steroid dienone is 1. The number of ether oxygens (including phenoxy) is 3. The number of aliphatic hydroxyl groups excluding tert-OH is 1. The summed E-state index contributed by atoms with van der Waals surface area (Å²) < 4.78 is 51.9. The van der Waals surface area contributed by atoms with Crippen LogP contribution in [0.3, 0.4) is 0 Å². The van der Waals surface area contributed by atoms with Crippen LogP contribution >= 0.6 is 0 Å². The third kappa shape index (κ3) is 7.40. The molecule has 0 aromatic heterocycles. The molecule has 5 rings (SSSR count). The van der Waals surface area contributed by atoms with Crippen molar-refractivity contribution >= 4 is 17.5 Å². The van der Waals surface area contributed by atoms with Gasteiger partial charge in [-0.25, -0.2) is 8.78 Å². The highest BCUT2D eigenvalue weighted by atomic mass is 19.1. The van der Waals surface area contributed by atoms with Crippen molar-refractivity contribution in [3.05, 3.63) is 11.6 Å². The Bertz CT molecular complexity index is 1240. The van der Waals surface area contributed by atoms with Crippen molar-refractivity contribution in [3.63, 3.8) is 0 Å². The maximum absolute atomic E-state index is 17.6. The zero-order valence-corrected chi connectivity index (χ0v) is 31.3. The largest absolute Gasteiger partial charge is 0.457 e. The van der Waals surface area contributed by atoms with Gasteiger partial charge >= 0.3 is 5.97 Å². The van der Waals surface area contributed by atoms with Gasteiger partial charge in [0.1, 0.15) is 11.8 Å². The Balaban J connectivity index is 1.17. The van der Waals surface area contributed by atoms with Crippen LogP contribution < -0.4 is 0 Å². The summed E-state index contributed by atoms with van der Waals surface area (Å²) in [4.78, 5) is 39.4. The molecule has 1 N–H and O–H groups in total. The van der Waals surface area contributed by atoms with E-state index in [9.17, 15) is 19.5 Å². The van der Waals surface area contributed by atoms with E-state index in [1.165, 1.54) is 57.4 Å². The SMILES string of the molecule is CCCCCCCCCCCCCC(O)CC(=O)OCC(=O)[C@@]12OC(CCC)O[C@@H]1C[C@H]1[C@@H]3C[C@H](F)C4=CC(=O)CC[C@]4(C)[C@@]3(F)CC[C@@]12C. The van der Waals surface area contributed by atoms with Crippen LogP contribution in [0.15, 0.2) is 11.6 Å². The van der Waals surface area contributed by atoms with Crippen molar-refractivity contribution in [1.82, 2.24) is 0 Å². The Hall–Kier alpha value is -1.71. The molecule has 4 fully saturated rings. The molecular formula is C41H64F2O7. The van der Waals surface area contributed by atoms with Gasteiger partial charge < -0.3 is 19.3 Å². The van der Waals surface area contributed by atoms with Crippen molar-refractivity contribution in [1.29, 1.82) is 0 Å². The number of alkyl halides is 2. The normalized spacial score (nSPS) is 38.1. The van der Waals surface area contributed by atoms with Gasteiger partial charge in [0, 0.05) is 23.2 Å². The zero-order chi connectivity index (χ0) is 36.2. The lowest BCUT2D eigenvalue weighted by molar-refractivity contribution is -0.208. The lowest BCUT2D eigenvalue weighted by Gasteiger charge is -2.62. The minimum Gasteiger partial charge on any atom is -0.457 e. The van der Waals surface area contributed by atoms with E-state index >= 15 is 8.78 Å². The Morgan fingerprint density at radius 2 is 1.60 bits per heavy atom. The quantitative estimate of drug-likeness (QED) is 0.106. The Morgan fingerprint density at radius 1 is 0.940 bits per heavy atom. The number of hydrogen-bond donors (Lipinski definition) is 1. The van der Waals surface area contributed by atoms with Gasteiger partial charge in [0.25, 0.3) is 0 Å². The average Bonchev–Trinajstić information content (AvgIpc) is 3.56. The van der Waals surface area contributed by atoms with Crippen molar-refractivity contribution in [2.75, 3.05) is 6.61 Å². The van der Waals surface area contributed by atoms with Gasteiger partial charge in [-0.05, 0) is 62.5 Å². The van der Waals surface area contributed by atoms with Crippen molar-refractivity contribution in [3.8, 4) is 0 Å². The number of ketones is 2. The molecule has 0 radical (unpaired) electrons. The highest BCUT2D eigenvalue weighted by Gasteiger charge is 2.78. The molecule has 284 valence electrons. The van der Waals surface area contributed by atoms with Gasteiger partial charge in [0.05, 0.1) is 18.6 Å². The number of unbranched alkanes of at least 4 members (excludes halogenated alkanes) is 10. The molecule has 0 amide bonds. The summed E-state index contributed by atoms with van der Waals surface area (Å²) in [6.07, 6.45) is 14.0. The fraction of sp³-hybridized carbons (Fsp3) is 0.878. The van der Waals surface area contributed by atoms with Crippen LogP contribution in [0.1, 0.15) is 163 Å². The summed E-state index contributed by atoms with van der Waals surface area (Å²) >= 11 is 0. The first kappa shape index (κ1) is 39.5. The van der Waals surface area contributed by atoms with Crippen LogP contribution in [0.25, 0.3) is 0 Å². The van der Waals surface area contributed by atoms with Crippen LogP contribution in [0.4, 0.5) is 8.78 Å². The number of aliphatic hydroxyl groups is 1. The summed E-state index contributed by atoms with van der Waals surface area (Å²) in [5.74, 6) is -2.26. The third-order valence-corrected chi connectivity index (χ3v) is 13.7. The van der Waals surface area contributed by atoms with E-state index in [1.807, 2.05) is 13.8 Å². The molecule has 2 unspecified atom stereocenters. The predicted molar refractivity (Wildman–Crippen MR) is 188 cm³/mol. The summed E-state index contributed by atoms with van der Waals surface area (Å²) in [6, 6.07) is 0.